The number of aryl methyl sites for hydroxylation is 2. The van der Waals surface area contributed by atoms with E-state index in [2.05, 4.69) is 323 Å². The van der Waals surface area contributed by atoms with Gasteiger partial charge in [0, 0.05) is 40.5 Å². The summed E-state index contributed by atoms with van der Waals surface area (Å²) >= 11 is 0. The molecule has 3 unspecified atom stereocenters. The molecule has 0 amide bonds. The van der Waals surface area contributed by atoms with E-state index in [9.17, 15) is 0 Å². The first-order chi connectivity index (χ1) is 46.6. The second-order valence-electron chi connectivity index (χ2n) is 27.4. The highest BCUT2D eigenvalue weighted by molar-refractivity contribution is 5.92. The number of fused-ring (bicyclic) bond motifs is 6. The van der Waals surface area contributed by atoms with Crippen molar-refractivity contribution in [3.63, 3.8) is 0 Å². The fourth-order valence-corrected chi connectivity index (χ4v) is 15.9. The molecule has 3 atom stereocenters. The van der Waals surface area contributed by atoms with Crippen LogP contribution in [0.25, 0.3) is 33.4 Å². The van der Waals surface area contributed by atoms with Crippen molar-refractivity contribution in [3.8, 4) is 39.1 Å². The number of nitrogens with zero attached hydrogens (tertiary/aromatic N) is 2. The molecule has 2 aliphatic heterocycles. The Balaban J connectivity index is 0.752. The van der Waals surface area contributed by atoms with Gasteiger partial charge in [-0.2, -0.15) is 0 Å². The van der Waals surface area contributed by atoms with Gasteiger partial charge in [-0.3, -0.25) is 0 Å². The van der Waals surface area contributed by atoms with Crippen LogP contribution in [-0.2, 0) is 25.0 Å². The molecule has 95 heavy (non-hydrogen) atoms. The molecule has 11 aromatic rings. The maximum Gasteiger partial charge on any atom is 0.119 e. The van der Waals surface area contributed by atoms with Crippen molar-refractivity contribution in [1.82, 2.24) is 0 Å². The summed E-state index contributed by atoms with van der Waals surface area (Å²) in [6.45, 7) is 15.6. The van der Waals surface area contributed by atoms with Crippen LogP contribution in [0.15, 0.2) is 290 Å². The number of anilines is 6. The third-order valence-corrected chi connectivity index (χ3v) is 21.6. The quantitative estimate of drug-likeness (QED) is 0.0804. The molecule has 2 fully saturated rings. The summed E-state index contributed by atoms with van der Waals surface area (Å²) in [7, 11) is 0. The molecule has 11 aromatic carbocycles. The van der Waals surface area contributed by atoms with Crippen LogP contribution in [-0.4, -0.2) is 39.6 Å². The van der Waals surface area contributed by atoms with Crippen molar-refractivity contribution in [3.05, 3.63) is 340 Å². The molecule has 6 nitrogen and oxygen atoms in total. The first-order valence-electron chi connectivity index (χ1n) is 34.1. The molecular weight excluding hydrogens is 1160 g/mol. The largest absolute Gasteiger partial charge is 0.497 e. The number of para-hydroxylation sites is 2. The smallest absolute Gasteiger partial charge is 0.119 e. The lowest BCUT2D eigenvalue weighted by atomic mass is 9.62. The number of rotatable bonds is 19. The standard InChI is InChI=1S/C89H80N2O4/c1-6-86(55-92-56-86)59-94-75-46-38-67(39-47-75)88(66-34-26-61(3)27-35-66)82-24-16-14-22-77(82)79-49-44-73(53-84(79)88)90(69-18-10-8-11-19-69)71-40-30-64(31-41-71)65-32-42-72(43-33-65)91(70-20-12-9-13-21-70)74-45-50-80-78-23-15-17-25-83(78)89(85(80)54-74,68-36-28-62(4)29-37-68)81-51-48-76(52-63(81)5)95-60-87(7-2)57-93-58-87/h8-51,53-54,63H,6-7,52,55-60H2,1-5H3. The van der Waals surface area contributed by atoms with Crippen LogP contribution >= 0.6 is 0 Å². The fourth-order valence-electron chi connectivity index (χ4n) is 15.9. The molecule has 0 saturated carbocycles. The lowest BCUT2D eigenvalue weighted by Gasteiger charge is -2.42. The number of hydrogen-bond donors (Lipinski definition) is 0. The van der Waals surface area contributed by atoms with Gasteiger partial charge in [0.05, 0.1) is 67.1 Å². The van der Waals surface area contributed by atoms with E-state index >= 15 is 0 Å². The van der Waals surface area contributed by atoms with Crippen LogP contribution in [0.5, 0.6) is 5.75 Å². The van der Waals surface area contributed by atoms with Crippen LogP contribution in [0.3, 0.4) is 0 Å². The first-order valence-corrected chi connectivity index (χ1v) is 34.1. The Labute approximate surface area is 560 Å². The van der Waals surface area contributed by atoms with Crippen molar-refractivity contribution in [2.75, 3.05) is 49.4 Å². The minimum Gasteiger partial charge on any atom is -0.497 e. The van der Waals surface area contributed by atoms with Gasteiger partial charge in [-0.05, 0) is 202 Å². The molecule has 470 valence electrons. The van der Waals surface area contributed by atoms with Gasteiger partial charge in [0.1, 0.15) is 5.75 Å². The van der Waals surface area contributed by atoms with Gasteiger partial charge in [0.25, 0.3) is 0 Å². The minimum atomic E-state index is -0.610. The van der Waals surface area contributed by atoms with Crippen molar-refractivity contribution < 1.29 is 18.9 Å². The normalized spacial score (nSPS) is 19.1. The van der Waals surface area contributed by atoms with E-state index in [1.165, 1.54) is 77.9 Å². The summed E-state index contributed by atoms with van der Waals surface area (Å²) in [5.74, 6) is 2.13. The molecule has 0 bridgehead atoms. The maximum absolute atomic E-state index is 6.68. The SMILES string of the molecule is CCC1(COC2=CC=C(C3(c4ccc(C)cc4)c4ccccc4-c4ccc(N(c5ccccc5)c5ccc(-c6ccc(N(c7ccccc7)c7ccc8c(c7)C(c7ccc(C)cc7)(c7ccc(OCC9(CC)COC9)cc7)c7ccccc7-8)cc6)cc5)cc43)C(C)C2)COC1. The molecule has 5 aliphatic rings. The van der Waals surface area contributed by atoms with Crippen LogP contribution < -0.4 is 14.5 Å². The third-order valence-electron chi connectivity index (χ3n) is 21.6. The highest BCUT2D eigenvalue weighted by Gasteiger charge is 2.51. The van der Waals surface area contributed by atoms with Gasteiger partial charge in [0.2, 0.25) is 0 Å². The second kappa shape index (κ2) is 24.4. The van der Waals surface area contributed by atoms with E-state index in [0.717, 1.165) is 102 Å². The Morgan fingerprint density at radius 1 is 0.379 bits per heavy atom. The fraction of sp³-hybridized carbons (Fsp3) is 0.213. The molecule has 2 heterocycles. The van der Waals surface area contributed by atoms with E-state index in [-0.39, 0.29) is 16.7 Å². The predicted molar refractivity (Wildman–Crippen MR) is 388 cm³/mol. The monoisotopic (exact) mass is 1240 g/mol. The average Bonchev–Trinajstić information content (AvgIpc) is 1.56. The molecule has 0 aromatic heterocycles. The molecule has 2 saturated heterocycles. The molecule has 6 heteroatoms. The van der Waals surface area contributed by atoms with E-state index in [0.29, 0.717) is 13.2 Å². The number of benzene rings is 11. The van der Waals surface area contributed by atoms with E-state index < -0.39 is 10.8 Å². The highest BCUT2D eigenvalue weighted by atomic mass is 16.5. The zero-order valence-electron chi connectivity index (χ0n) is 55.0. The zero-order valence-corrected chi connectivity index (χ0v) is 55.0. The van der Waals surface area contributed by atoms with Gasteiger partial charge in [0.15, 0.2) is 0 Å². The second-order valence-corrected chi connectivity index (χ2v) is 27.4. The van der Waals surface area contributed by atoms with Gasteiger partial charge >= 0.3 is 0 Å². The number of hydrogen-bond acceptors (Lipinski definition) is 6. The van der Waals surface area contributed by atoms with Crippen LogP contribution in [0.4, 0.5) is 34.1 Å². The molecule has 3 aliphatic carbocycles. The molecule has 0 radical (unpaired) electrons. The predicted octanol–water partition coefficient (Wildman–Crippen LogP) is 21.7. The average molecular weight is 1240 g/mol. The van der Waals surface area contributed by atoms with Gasteiger partial charge in [-0.1, -0.05) is 220 Å². The Bertz CT molecular complexity index is 4670. The zero-order chi connectivity index (χ0) is 64.3. The van der Waals surface area contributed by atoms with Crippen LogP contribution in [0.2, 0.25) is 0 Å². The van der Waals surface area contributed by atoms with E-state index in [1.807, 2.05) is 0 Å². The lowest BCUT2D eigenvalue weighted by Crippen LogP contribution is -2.46. The van der Waals surface area contributed by atoms with Crippen molar-refractivity contribution in [2.45, 2.75) is 64.7 Å². The molecule has 16 rings (SSSR count). The Kier molecular flexibility index (Phi) is 15.4. The Morgan fingerprint density at radius 2 is 0.768 bits per heavy atom. The summed E-state index contributed by atoms with van der Waals surface area (Å²) in [6, 6.07) is 99.6. The lowest BCUT2D eigenvalue weighted by molar-refractivity contribution is -0.143. The van der Waals surface area contributed by atoms with E-state index in [1.54, 1.807) is 0 Å². The highest BCUT2D eigenvalue weighted by Crippen LogP contribution is 2.61. The summed E-state index contributed by atoms with van der Waals surface area (Å²) in [4.78, 5) is 4.83. The van der Waals surface area contributed by atoms with Crippen molar-refractivity contribution >= 4 is 34.1 Å². The van der Waals surface area contributed by atoms with Crippen LogP contribution in [0.1, 0.15) is 90.1 Å². The van der Waals surface area contributed by atoms with Gasteiger partial charge in [-0.25, -0.2) is 0 Å². The van der Waals surface area contributed by atoms with E-state index in [4.69, 9.17) is 18.9 Å². The van der Waals surface area contributed by atoms with Crippen molar-refractivity contribution in [1.29, 1.82) is 0 Å². The third kappa shape index (κ3) is 10.2. The number of allylic oxidation sites excluding steroid dienone is 4. The maximum atomic E-state index is 6.68. The summed E-state index contributed by atoms with van der Waals surface area (Å²) in [5, 5.41) is 0. The Hall–Kier alpha value is -9.98. The van der Waals surface area contributed by atoms with Crippen molar-refractivity contribution in [2.24, 2.45) is 16.7 Å². The summed E-state index contributed by atoms with van der Waals surface area (Å²) < 4.78 is 24.5. The first kappa shape index (κ1) is 60.0. The molecule has 0 spiro atoms. The topological polar surface area (TPSA) is 43.4 Å². The molecular formula is C89H80N2O4. The van der Waals surface area contributed by atoms with Gasteiger partial charge < -0.3 is 28.7 Å². The minimum absolute atomic E-state index is 0.0827. The summed E-state index contributed by atoms with van der Waals surface area (Å²) in [5.41, 5.74) is 25.5. The number of ether oxygens (including phenoxy) is 4. The van der Waals surface area contributed by atoms with Crippen LogP contribution in [0, 0.1) is 30.6 Å². The summed E-state index contributed by atoms with van der Waals surface area (Å²) in [6.07, 6.45) is 7.57. The van der Waals surface area contributed by atoms with Gasteiger partial charge in [-0.15, -0.1) is 0 Å². The molecule has 0 N–H and O–H groups in total. The Morgan fingerprint density at radius 3 is 1.22 bits per heavy atom.